The summed E-state index contributed by atoms with van der Waals surface area (Å²) in [5.41, 5.74) is 0. The van der Waals surface area contributed by atoms with Crippen LogP contribution in [0.3, 0.4) is 0 Å². The first-order valence-corrected chi connectivity index (χ1v) is 4.99. The lowest BCUT2D eigenvalue weighted by Gasteiger charge is -1.93. The fraction of sp³-hybridized carbons (Fsp3) is 0.333. The van der Waals surface area contributed by atoms with Crippen LogP contribution in [0.5, 0.6) is 0 Å². The van der Waals surface area contributed by atoms with Crippen molar-refractivity contribution in [2.75, 3.05) is 0 Å². The number of hydrogen-bond acceptors (Lipinski definition) is 4. The molecular weight excluding hydrogens is 204 g/mol. The monoisotopic (exact) mass is 214 g/mol. The summed E-state index contributed by atoms with van der Waals surface area (Å²) in [6, 6.07) is 3.30. The lowest BCUT2D eigenvalue weighted by molar-refractivity contribution is -0.136. The summed E-state index contributed by atoms with van der Waals surface area (Å²) >= 11 is 1.14. The Morgan fingerprint density at radius 1 is 1.43 bits per heavy atom. The molecule has 0 spiro atoms. The van der Waals surface area contributed by atoms with E-state index in [1.807, 2.05) is 0 Å². The van der Waals surface area contributed by atoms with Crippen molar-refractivity contribution in [3.05, 3.63) is 23.7 Å². The summed E-state index contributed by atoms with van der Waals surface area (Å²) < 4.78 is 5.19. The second-order valence-electron chi connectivity index (χ2n) is 2.72. The van der Waals surface area contributed by atoms with Crippen molar-refractivity contribution in [2.24, 2.45) is 0 Å². The molecule has 1 aromatic rings. The Labute approximate surface area is 85.3 Å². The van der Waals surface area contributed by atoms with Gasteiger partial charge in [-0.3, -0.25) is 9.59 Å². The average Bonchev–Trinajstić information content (AvgIpc) is 2.47. The number of carbonyl (C=O) groups excluding carboxylic acids is 1. The Balaban J connectivity index is 2.50. The third kappa shape index (κ3) is 3.66. The van der Waals surface area contributed by atoms with E-state index in [1.165, 1.54) is 6.92 Å². The number of aliphatic carboxylic acids is 1. The van der Waals surface area contributed by atoms with Gasteiger partial charge in [-0.05, 0) is 12.1 Å². The normalized spacial score (nSPS) is 10.1. The van der Waals surface area contributed by atoms with Gasteiger partial charge in [0.1, 0.15) is 17.9 Å². The second kappa shape index (κ2) is 4.85. The number of furan rings is 1. The van der Waals surface area contributed by atoms with Crippen molar-refractivity contribution < 1.29 is 19.1 Å². The summed E-state index contributed by atoms with van der Waals surface area (Å²) in [5, 5.41) is 8.49. The molecule has 0 fully saturated rings. The second-order valence-corrected chi connectivity index (χ2v) is 3.87. The summed E-state index contributed by atoms with van der Waals surface area (Å²) in [5.74, 6) is 0.567. The molecule has 0 unspecified atom stereocenters. The molecule has 0 aliphatic heterocycles. The van der Waals surface area contributed by atoms with E-state index in [1.54, 1.807) is 12.1 Å². The molecular formula is C9H10O4S. The number of carboxylic acids is 1. The number of hydrogen-bond donors (Lipinski definition) is 1. The predicted octanol–water partition coefficient (Wildman–Crippen LogP) is 1.69. The van der Waals surface area contributed by atoms with Crippen LogP contribution in [0.1, 0.15) is 18.4 Å². The first-order chi connectivity index (χ1) is 6.58. The smallest absolute Gasteiger partial charge is 0.311 e. The van der Waals surface area contributed by atoms with Gasteiger partial charge < -0.3 is 9.52 Å². The molecule has 0 atom stereocenters. The molecule has 1 aromatic heterocycles. The maximum atomic E-state index is 10.6. The highest BCUT2D eigenvalue weighted by atomic mass is 32.2. The molecule has 1 N–H and O–H groups in total. The van der Waals surface area contributed by atoms with Gasteiger partial charge in [0.2, 0.25) is 0 Å². The molecule has 0 radical (unpaired) electrons. The molecule has 0 aromatic carbocycles. The summed E-state index contributed by atoms with van der Waals surface area (Å²) in [7, 11) is 0. The van der Waals surface area contributed by atoms with E-state index in [2.05, 4.69) is 0 Å². The van der Waals surface area contributed by atoms with Crippen LogP contribution < -0.4 is 0 Å². The SMILES string of the molecule is CC(=O)SCc1ccc(CC(=O)O)o1. The average molecular weight is 214 g/mol. The maximum absolute atomic E-state index is 10.6. The summed E-state index contributed by atoms with van der Waals surface area (Å²) in [6.45, 7) is 1.48. The minimum Gasteiger partial charge on any atom is -0.481 e. The molecule has 4 nitrogen and oxygen atoms in total. The van der Waals surface area contributed by atoms with E-state index in [0.29, 0.717) is 17.3 Å². The Morgan fingerprint density at radius 2 is 2.07 bits per heavy atom. The highest BCUT2D eigenvalue weighted by Gasteiger charge is 2.06. The zero-order chi connectivity index (χ0) is 10.6. The van der Waals surface area contributed by atoms with Crippen molar-refractivity contribution in [1.29, 1.82) is 0 Å². The Hall–Kier alpha value is -1.23. The third-order valence-corrected chi connectivity index (χ3v) is 2.30. The Kier molecular flexibility index (Phi) is 3.76. The molecule has 0 saturated heterocycles. The van der Waals surface area contributed by atoms with Crippen LogP contribution in [0, 0.1) is 0 Å². The van der Waals surface area contributed by atoms with E-state index in [4.69, 9.17) is 9.52 Å². The van der Waals surface area contributed by atoms with Gasteiger partial charge >= 0.3 is 5.97 Å². The number of carbonyl (C=O) groups is 2. The Bertz CT molecular complexity index is 342. The van der Waals surface area contributed by atoms with Gasteiger partial charge in [-0.2, -0.15) is 0 Å². The van der Waals surface area contributed by atoms with Crippen LogP contribution in [-0.2, 0) is 21.8 Å². The van der Waals surface area contributed by atoms with E-state index in [-0.39, 0.29) is 11.5 Å². The fourth-order valence-electron chi connectivity index (χ4n) is 0.917. The molecule has 0 saturated carbocycles. The van der Waals surface area contributed by atoms with Gasteiger partial charge in [0.25, 0.3) is 0 Å². The molecule has 0 bridgehead atoms. The van der Waals surface area contributed by atoms with Gasteiger partial charge in [0.05, 0.1) is 5.75 Å². The van der Waals surface area contributed by atoms with Gasteiger partial charge in [-0.15, -0.1) is 0 Å². The summed E-state index contributed by atoms with van der Waals surface area (Å²) in [4.78, 5) is 21.0. The first kappa shape index (κ1) is 10.8. The largest absolute Gasteiger partial charge is 0.481 e. The van der Waals surface area contributed by atoms with Crippen LogP contribution >= 0.6 is 11.8 Å². The lowest BCUT2D eigenvalue weighted by Crippen LogP contribution is -1.97. The zero-order valence-corrected chi connectivity index (χ0v) is 8.47. The number of carboxylic acid groups (broad SMARTS) is 1. The number of rotatable bonds is 4. The van der Waals surface area contributed by atoms with Crippen molar-refractivity contribution in [3.8, 4) is 0 Å². The molecule has 0 aliphatic rings. The van der Waals surface area contributed by atoms with E-state index in [0.717, 1.165) is 11.8 Å². The van der Waals surface area contributed by atoms with Crippen LogP contribution in [0.4, 0.5) is 0 Å². The quantitative estimate of drug-likeness (QED) is 0.826. The number of thioether (sulfide) groups is 1. The summed E-state index contributed by atoms with van der Waals surface area (Å²) in [6.07, 6.45) is -0.120. The molecule has 5 heteroatoms. The highest BCUT2D eigenvalue weighted by Crippen LogP contribution is 2.16. The Morgan fingerprint density at radius 3 is 2.64 bits per heavy atom. The molecule has 14 heavy (non-hydrogen) atoms. The van der Waals surface area contributed by atoms with Crippen LogP contribution in [0.2, 0.25) is 0 Å². The predicted molar refractivity (Wildman–Crippen MR) is 52.0 cm³/mol. The molecule has 0 aliphatic carbocycles. The van der Waals surface area contributed by atoms with Crippen molar-refractivity contribution in [1.82, 2.24) is 0 Å². The molecule has 0 amide bonds. The molecule has 1 heterocycles. The standard InChI is InChI=1S/C9H10O4S/c1-6(10)14-5-8-3-2-7(13-8)4-9(11)12/h2-3H,4-5H2,1H3,(H,11,12). The first-order valence-electron chi connectivity index (χ1n) is 4.00. The van der Waals surface area contributed by atoms with E-state index < -0.39 is 5.97 Å². The zero-order valence-electron chi connectivity index (χ0n) is 7.65. The van der Waals surface area contributed by atoms with Crippen LogP contribution in [0.15, 0.2) is 16.5 Å². The fourth-order valence-corrected chi connectivity index (χ4v) is 1.42. The lowest BCUT2D eigenvalue weighted by atomic mass is 10.3. The van der Waals surface area contributed by atoms with E-state index in [9.17, 15) is 9.59 Å². The van der Waals surface area contributed by atoms with Gasteiger partial charge in [-0.1, -0.05) is 11.8 Å². The maximum Gasteiger partial charge on any atom is 0.311 e. The highest BCUT2D eigenvalue weighted by molar-refractivity contribution is 8.12. The third-order valence-electron chi connectivity index (χ3n) is 1.46. The van der Waals surface area contributed by atoms with Crippen LogP contribution in [0.25, 0.3) is 0 Å². The topological polar surface area (TPSA) is 67.5 Å². The van der Waals surface area contributed by atoms with Crippen LogP contribution in [-0.4, -0.2) is 16.2 Å². The molecule has 1 rings (SSSR count). The minimum absolute atomic E-state index is 0.0150. The van der Waals surface area contributed by atoms with Crippen molar-refractivity contribution in [3.63, 3.8) is 0 Å². The van der Waals surface area contributed by atoms with Gasteiger partial charge in [-0.25, -0.2) is 0 Å². The van der Waals surface area contributed by atoms with Gasteiger partial charge in [0, 0.05) is 6.92 Å². The van der Waals surface area contributed by atoms with Crippen molar-refractivity contribution >= 4 is 22.8 Å². The van der Waals surface area contributed by atoms with E-state index >= 15 is 0 Å². The van der Waals surface area contributed by atoms with Crippen molar-refractivity contribution in [2.45, 2.75) is 19.1 Å². The minimum atomic E-state index is -0.926. The molecule has 76 valence electrons. The van der Waals surface area contributed by atoms with Gasteiger partial charge in [0.15, 0.2) is 5.12 Å².